The van der Waals surface area contributed by atoms with Gasteiger partial charge < -0.3 is 4.57 Å². The van der Waals surface area contributed by atoms with Gasteiger partial charge >= 0.3 is 0 Å². The van der Waals surface area contributed by atoms with E-state index < -0.39 is 10.0 Å². The van der Waals surface area contributed by atoms with Gasteiger partial charge in [-0.3, -0.25) is 10.1 Å². The fourth-order valence-corrected chi connectivity index (χ4v) is 7.18. The van der Waals surface area contributed by atoms with E-state index >= 15 is 0 Å². The maximum absolute atomic E-state index is 12.8. The number of amides is 1. The highest BCUT2D eigenvalue weighted by molar-refractivity contribution is 7.90. The molecule has 0 radical (unpaired) electrons. The lowest BCUT2D eigenvalue weighted by atomic mass is 10.2. The fraction of sp³-hybridized carbons (Fsp3) is 0.389. The van der Waals surface area contributed by atoms with E-state index in [1.54, 1.807) is 4.31 Å². The summed E-state index contributed by atoms with van der Waals surface area (Å²) >= 11 is 2.67. The summed E-state index contributed by atoms with van der Waals surface area (Å²) in [6.45, 7) is 2.61. The van der Waals surface area contributed by atoms with Crippen LogP contribution < -0.4 is 5.32 Å². The molecule has 0 aromatic carbocycles. The maximum Gasteiger partial charge on any atom is 0.269 e. The number of hydrogen-bond acceptors (Lipinski definition) is 7. The van der Waals surface area contributed by atoms with E-state index in [1.165, 1.54) is 22.7 Å². The zero-order chi connectivity index (χ0) is 20.2. The summed E-state index contributed by atoms with van der Waals surface area (Å²) in [6.07, 6.45) is 5.86. The van der Waals surface area contributed by atoms with Crippen molar-refractivity contribution in [2.24, 2.45) is 0 Å². The summed E-state index contributed by atoms with van der Waals surface area (Å²) in [6, 6.07) is 3.81. The van der Waals surface area contributed by atoms with Crippen LogP contribution in [0, 0.1) is 6.92 Å². The van der Waals surface area contributed by atoms with Gasteiger partial charge in [0, 0.05) is 36.8 Å². The average molecular weight is 450 g/mol. The number of nitrogens with zero attached hydrogens (tertiary/aromatic N) is 4. The topological polar surface area (TPSA) is 97.2 Å². The highest BCUT2D eigenvalue weighted by Crippen LogP contribution is 2.36. The molecular formula is C18H19N5O3S3. The van der Waals surface area contributed by atoms with Gasteiger partial charge in [0.25, 0.3) is 5.91 Å². The number of anilines is 1. The molecule has 1 aliphatic heterocycles. The molecule has 2 aliphatic rings. The number of nitrogens with one attached hydrogen (secondary N) is 1. The van der Waals surface area contributed by atoms with Crippen molar-refractivity contribution in [3.8, 4) is 5.13 Å². The highest BCUT2D eigenvalue weighted by atomic mass is 32.2. The second-order valence-electron chi connectivity index (χ2n) is 7.17. The first-order valence-corrected chi connectivity index (χ1v) is 12.4. The lowest BCUT2D eigenvalue weighted by Crippen LogP contribution is -2.37. The van der Waals surface area contributed by atoms with Gasteiger partial charge in [-0.05, 0) is 31.9 Å². The van der Waals surface area contributed by atoms with Crippen molar-refractivity contribution in [2.45, 2.75) is 38.0 Å². The lowest BCUT2D eigenvalue weighted by molar-refractivity contribution is 0.103. The van der Waals surface area contributed by atoms with Crippen molar-refractivity contribution in [3.05, 3.63) is 45.7 Å². The van der Waals surface area contributed by atoms with Crippen LogP contribution >= 0.6 is 22.7 Å². The Labute approximate surface area is 176 Å². The van der Waals surface area contributed by atoms with Gasteiger partial charge in [-0.15, -0.1) is 11.3 Å². The minimum absolute atomic E-state index is 0.208. The summed E-state index contributed by atoms with van der Waals surface area (Å²) in [5.74, 6) is -0.244. The molecule has 152 valence electrons. The average Bonchev–Trinajstić information content (AvgIpc) is 3.10. The number of thiazole rings is 2. The van der Waals surface area contributed by atoms with Gasteiger partial charge in [-0.25, -0.2) is 18.4 Å². The summed E-state index contributed by atoms with van der Waals surface area (Å²) in [7, 11) is -3.20. The van der Waals surface area contributed by atoms with Gasteiger partial charge in [0.2, 0.25) is 10.0 Å². The fourth-order valence-electron chi connectivity index (χ4n) is 3.34. The molecule has 0 bridgehead atoms. The second kappa shape index (κ2) is 7.01. The van der Waals surface area contributed by atoms with E-state index in [0.717, 1.165) is 28.5 Å². The van der Waals surface area contributed by atoms with Gasteiger partial charge in [0.1, 0.15) is 4.88 Å². The normalized spacial score (nSPS) is 17.3. The van der Waals surface area contributed by atoms with E-state index in [-0.39, 0.29) is 11.2 Å². The van der Waals surface area contributed by atoms with Gasteiger partial charge in [0.05, 0.1) is 16.6 Å². The Kier molecular flexibility index (Phi) is 4.57. The molecule has 4 heterocycles. The van der Waals surface area contributed by atoms with E-state index in [9.17, 15) is 13.2 Å². The molecule has 5 rings (SSSR count). The molecule has 0 saturated heterocycles. The number of fused-ring (bicyclic) bond motifs is 1. The molecule has 1 saturated carbocycles. The molecule has 0 spiro atoms. The van der Waals surface area contributed by atoms with Gasteiger partial charge in [-0.1, -0.05) is 11.3 Å². The number of aryl methyl sites for hydroxylation is 1. The Morgan fingerprint density at radius 1 is 1.21 bits per heavy atom. The van der Waals surface area contributed by atoms with Crippen LogP contribution in [-0.4, -0.2) is 45.0 Å². The molecular weight excluding hydrogens is 430 g/mol. The molecule has 3 aromatic heterocycles. The lowest BCUT2D eigenvalue weighted by Gasteiger charge is -2.25. The molecule has 1 N–H and O–H groups in total. The van der Waals surface area contributed by atoms with Crippen LogP contribution in [0.25, 0.3) is 5.13 Å². The van der Waals surface area contributed by atoms with E-state index in [0.29, 0.717) is 35.2 Å². The number of hydrogen-bond donors (Lipinski definition) is 1. The summed E-state index contributed by atoms with van der Waals surface area (Å²) in [5, 5.41) is 3.89. The second-order valence-corrected chi connectivity index (χ2v) is 11.4. The zero-order valence-corrected chi connectivity index (χ0v) is 18.1. The van der Waals surface area contributed by atoms with Crippen molar-refractivity contribution in [3.63, 3.8) is 0 Å². The number of aromatic nitrogens is 3. The number of carbonyl (C=O) groups excluding carboxylic acids is 1. The predicted octanol–water partition coefficient (Wildman–Crippen LogP) is 2.80. The Morgan fingerprint density at radius 3 is 2.69 bits per heavy atom. The minimum atomic E-state index is -3.20. The van der Waals surface area contributed by atoms with Gasteiger partial charge in [-0.2, -0.15) is 4.31 Å². The van der Waals surface area contributed by atoms with Crippen LogP contribution in [0.5, 0.6) is 0 Å². The largest absolute Gasteiger partial charge is 0.300 e. The number of sulfonamides is 1. The molecule has 0 atom stereocenters. The van der Waals surface area contributed by atoms with Gasteiger partial charge in [0.15, 0.2) is 10.3 Å². The van der Waals surface area contributed by atoms with Crippen molar-refractivity contribution in [2.75, 3.05) is 11.9 Å². The van der Waals surface area contributed by atoms with Crippen LogP contribution in [0.1, 0.15) is 38.8 Å². The van der Waals surface area contributed by atoms with E-state index in [4.69, 9.17) is 0 Å². The molecule has 11 heteroatoms. The molecule has 1 aliphatic carbocycles. The Bertz CT molecular complexity index is 1180. The number of carbonyl (C=O) groups is 1. The quantitative estimate of drug-likeness (QED) is 0.646. The smallest absolute Gasteiger partial charge is 0.269 e. The molecule has 0 unspecified atom stereocenters. The zero-order valence-electron chi connectivity index (χ0n) is 15.7. The third-order valence-corrected chi connectivity index (χ3v) is 9.55. The van der Waals surface area contributed by atoms with Crippen LogP contribution in [0.4, 0.5) is 5.13 Å². The SMILES string of the molecule is Cc1nc(-n2cccc2)sc1C(=O)Nc1nc2c(s1)CN(S(=O)(=O)C1CC1)CC2. The first-order valence-electron chi connectivity index (χ1n) is 9.31. The third kappa shape index (κ3) is 3.52. The first-order chi connectivity index (χ1) is 13.9. The third-order valence-electron chi connectivity index (χ3n) is 5.04. The van der Waals surface area contributed by atoms with Crippen LogP contribution in [0.2, 0.25) is 0 Å². The Hall–Kier alpha value is -2.08. The van der Waals surface area contributed by atoms with E-state index in [2.05, 4.69) is 15.3 Å². The van der Waals surface area contributed by atoms with E-state index in [1.807, 2.05) is 36.0 Å². The summed E-state index contributed by atoms with van der Waals surface area (Å²) < 4.78 is 28.4. The summed E-state index contributed by atoms with van der Waals surface area (Å²) in [5.41, 5.74) is 1.54. The molecule has 8 nitrogen and oxygen atoms in total. The Balaban J connectivity index is 1.32. The molecule has 1 amide bonds. The number of rotatable bonds is 5. The first kappa shape index (κ1) is 18.9. The van der Waals surface area contributed by atoms with Crippen molar-refractivity contribution >= 4 is 43.7 Å². The standard InChI is InChI=1S/C18H19N5O3S3/c1-11-15(28-18(19-11)22-7-2-3-8-22)16(24)21-17-20-13-6-9-23(10-14(13)27-17)29(25,26)12-4-5-12/h2-3,7-8,12H,4-6,9-10H2,1H3,(H,20,21,24). The van der Waals surface area contributed by atoms with Crippen LogP contribution in [0.15, 0.2) is 24.5 Å². The van der Waals surface area contributed by atoms with Crippen molar-refractivity contribution < 1.29 is 13.2 Å². The van der Waals surface area contributed by atoms with Crippen LogP contribution in [0.3, 0.4) is 0 Å². The summed E-state index contributed by atoms with van der Waals surface area (Å²) in [4.78, 5) is 23.2. The van der Waals surface area contributed by atoms with Crippen LogP contribution in [-0.2, 0) is 23.0 Å². The monoisotopic (exact) mass is 449 g/mol. The highest BCUT2D eigenvalue weighted by Gasteiger charge is 2.41. The Morgan fingerprint density at radius 2 is 1.97 bits per heavy atom. The minimum Gasteiger partial charge on any atom is -0.300 e. The maximum atomic E-state index is 12.8. The molecule has 3 aromatic rings. The predicted molar refractivity (Wildman–Crippen MR) is 112 cm³/mol. The molecule has 1 fully saturated rings. The van der Waals surface area contributed by atoms with Crippen molar-refractivity contribution in [1.82, 2.24) is 18.8 Å². The molecule has 29 heavy (non-hydrogen) atoms. The van der Waals surface area contributed by atoms with Crippen molar-refractivity contribution in [1.29, 1.82) is 0 Å².